The number of carbonyl (C=O) groups excluding carboxylic acids is 1. The Labute approximate surface area is 173 Å². The fourth-order valence-electron chi connectivity index (χ4n) is 4.02. The molecule has 1 fully saturated rings. The average Bonchev–Trinajstić information content (AvgIpc) is 3.30. The lowest BCUT2D eigenvalue weighted by Crippen LogP contribution is -2.47. The summed E-state index contributed by atoms with van der Waals surface area (Å²) in [5, 5.41) is 5.10. The van der Waals surface area contributed by atoms with Gasteiger partial charge in [-0.15, -0.1) is 0 Å². The van der Waals surface area contributed by atoms with Crippen molar-refractivity contribution in [3.05, 3.63) is 52.5 Å². The minimum atomic E-state index is 0.150. The second-order valence-corrected chi connectivity index (χ2v) is 8.56. The maximum atomic E-state index is 12.0. The van der Waals surface area contributed by atoms with Crippen LogP contribution in [-0.4, -0.2) is 54.3 Å². The van der Waals surface area contributed by atoms with Crippen LogP contribution in [0, 0.1) is 0 Å². The van der Waals surface area contributed by atoms with E-state index in [0.29, 0.717) is 6.54 Å². The van der Waals surface area contributed by atoms with Crippen LogP contribution in [-0.2, 0) is 6.42 Å². The first-order valence-electron chi connectivity index (χ1n) is 9.60. The molecule has 28 heavy (non-hydrogen) atoms. The molecular weight excluding hydrogens is 392 g/mol. The van der Waals surface area contributed by atoms with E-state index in [1.54, 1.807) is 11.5 Å². The largest absolute Gasteiger partial charge is 0.377 e. The number of ketones is 1. The Kier molecular flexibility index (Phi) is 4.70. The fraction of sp³-hybridized carbons (Fsp3) is 0.333. The van der Waals surface area contributed by atoms with Crippen molar-refractivity contribution in [1.82, 2.24) is 9.27 Å². The van der Waals surface area contributed by atoms with E-state index in [1.165, 1.54) is 10.1 Å². The molecule has 0 atom stereocenters. The number of nitrogens with one attached hydrogen (secondary N) is 1. The Morgan fingerprint density at radius 2 is 1.96 bits per heavy atom. The Hall–Kier alpha value is -2.15. The van der Waals surface area contributed by atoms with Crippen molar-refractivity contribution in [3.8, 4) is 0 Å². The molecule has 0 aliphatic carbocycles. The Morgan fingerprint density at radius 3 is 2.82 bits per heavy atom. The molecule has 0 saturated carbocycles. The highest BCUT2D eigenvalue weighted by molar-refractivity contribution is 7.13. The lowest BCUT2D eigenvalue weighted by atomic mass is 10.0. The summed E-state index contributed by atoms with van der Waals surface area (Å²) >= 11 is 8.01. The standard InChI is InChI=1S/C21H21ClN4OS/c22-17-12-18-16(19(27)13-23-18)11-14(17)5-6-25-7-9-26(10-8-25)21-15-3-1-2-4-20(15)28-24-21/h1-4,11-12,23H,5-10,13H2. The first-order chi connectivity index (χ1) is 13.7. The number of carbonyl (C=O) groups is 1. The molecule has 0 spiro atoms. The van der Waals surface area contributed by atoms with E-state index in [4.69, 9.17) is 11.6 Å². The first kappa shape index (κ1) is 17.9. The van der Waals surface area contributed by atoms with Crippen molar-refractivity contribution < 1.29 is 4.79 Å². The summed E-state index contributed by atoms with van der Waals surface area (Å²) in [7, 11) is 0. The highest BCUT2D eigenvalue weighted by Gasteiger charge is 2.23. The number of fused-ring (bicyclic) bond motifs is 2. The van der Waals surface area contributed by atoms with Crippen molar-refractivity contribution in [2.24, 2.45) is 0 Å². The molecule has 144 valence electrons. The van der Waals surface area contributed by atoms with Crippen molar-refractivity contribution in [2.75, 3.05) is 49.5 Å². The SMILES string of the molecule is O=C1CNc2cc(Cl)c(CCN3CCN(c4nsc5ccccc45)CC3)cc21. The summed E-state index contributed by atoms with van der Waals surface area (Å²) in [5.74, 6) is 1.27. The van der Waals surface area contributed by atoms with Crippen LogP contribution in [0.4, 0.5) is 11.5 Å². The number of hydrogen-bond donors (Lipinski definition) is 1. The van der Waals surface area contributed by atoms with Crippen LogP contribution in [0.2, 0.25) is 5.02 Å². The van der Waals surface area contributed by atoms with Gasteiger partial charge in [0.05, 0.1) is 11.2 Å². The highest BCUT2D eigenvalue weighted by Crippen LogP contribution is 2.31. The molecule has 1 aromatic heterocycles. The van der Waals surface area contributed by atoms with Gasteiger partial charge in [0.2, 0.25) is 0 Å². The molecular formula is C21H21ClN4OS. The van der Waals surface area contributed by atoms with Crippen LogP contribution in [0.1, 0.15) is 15.9 Å². The van der Waals surface area contributed by atoms with Gasteiger partial charge in [0.15, 0.2) is 5.78 Å². The Bertz CT molecular complexity index is 1040. The van der Waals surface area contributed by atoms with E-state index >= 15 is 0 Å². The lowest BCUT2D eigenvalue weighted by molar-refractivity contribution is 0.101. The summed E-state index contributed by atoms with van der Waals surface area (Å²) in [6, 6.07) is 12.3. The maximum Gasteiger partial charge on any atom is 0.183 e. The second kappa shape index (κ2) is 7.35. The number of piperazine rings is 1. The number of Topliss-reactive ketones (excluding diaryl/α,β-unsaturated/α-hetero) is 1. The third kappa shape index (κ3) is 3.26. The summed E-state index contributed by atoms with van der Waals surface area (Å²) in [6.07, 6.45) is 0.860. The quantitative estimate of drug-likeness (QED) is 0.703. The zero-order valence-electron chi connectivity index (χ0n) is 15.4. The molecule has 2 aromatic carbocycles. The van der Waals surface area contributed by atoms with Gasteiger partial charge in [-0.05, 0) is 47.8 Å². The number of halogens is 1. The topological polar surface area (TPSA) is 48.5 Å². The zero-order chi connectivity index (χ0) is 19.1. The van der Waals surface area contributed by atoms with Gasteiger partial charge in [0.25, 0.3) is 0 Å². The third-order valence-electron chi connectivity index (χ3n) is 5.65. The molecule has 0 amide bonds. The van der Waals surface area contributed by atoms with Gasteiger partial charge < -0.3 is 10.2 Å². The number of aromatic nitrogens is 1. The predicted octanol–water partition coefficient (Wildman–Crippen LogP) is 3.92. The number of anilines is 2. The number of hydrogen-bond acceptors (Lipinski definition) is 6. The Balaban J connectivity index is 1.21. The van der Waals surface area contributed by atoms with Gasteiger partial charge in [0.1, 0.15) is 5.82 Å². The maximum absolute atomic E-state index is 12.0. The molecule has 7 heteroatoms. The van der Waals surface area contributed by atoms with E-state index < -0.39 is 0 Å². The first-order valence-corrected chi connectivity index (χ1v) is 10.8. The van der Waals surface area contributed by atoms with E-state index in [2.05, 4.69) is 43.8 Å². The molecule has 2 aliphatic rings. The van der Waals surface area contributed by atoms with Gasteiger partial charge in [0, 0.05) is 54.4 Å². The van der Waals surface area contributed by atoms with Crippen LogP contribution in [0.5, 0.6) is 0 Å². The molecule has 1 saturated heterocycles. The predicted molar refractivity (Wildman–Crippen MR) is 116 cm³/mol. The normalized spacial score (nSPS) is 17.2. The molecule has 0 radical (unpaired) electrons. The van der Waals surface area contributed by atoms with Gasteiger partial charge in [-0.2, -0.15) is 4.37 Å². The zero-order valence-corrected chi connectivity index (χ0v) is 17.0. The van der Waals surface area contributed by atoms with Gasteiger partial charge >= 0.3 is 0 Å². The van der Waals surface area contributed by atoms with E-state index in [9.17, 15) is 4.79 Å². The molecule has 0 unspecified atom stereocenters. The van der Waals surface area contributed by atoms with E-state index in [-0.39, 0.29) is 5.78 Å². The highest BCUT2D eigenvalue weighted by atomic mass is 35.5. The third-order valence-corrected chi connectivity index (χ3v) is 6.82. The average molecular weight is 413 g/mol. The van der Waals surface area contributed by atoms with Crippen LogP contribution in [0.3, 0.4) is 0 Å². The molecule has 0 bridgehead atoms. The molecule has 3 aromatic rings. The van der Waals surface area contributed by atoms with Crippen LogP contribution in [0.25, 0.3) is 10.1 Å². The smallest absolute Gasteiger partial charge is 0.183 e. The van der Waals surface area contributed by atoms with Crippen molar-refractivity contribution in [3.63, 3.8) is 0 Å². The van der Waals surface area contributed by atoms with Gasteiger partial charge in [-0.1, -0.05) is 23.7 Å². The van der Waals surface area contributed by atoms with Gasteiger partial charge in [-0.25, -0.2) is 0 Å². The second-order valence-electron chi connectivity index (χ2n) is 7.35. The van der Waals surface area contributed by atoms with Gasteiger partial charge in [-0.3, -0.25) is 9.69 Å². The number of nitrogens with zero attached hydrogens (tertiary/aromatic N) is 3. The fourth-order valence-corrected chi connectivity index (χ4v) is 5.07. The lowest BCUT2D eigenvalue weighted by Gasteiger charge is -2.35. The summed E-state index contributed by atoms with van der Waals surface area (Å²) in [5.41, 5.74) is 2.70. The molecule has 3 heterocycles. The molecule has 2 aliphatic heterocycles. The minimum Gasteiger partial charge on any atom is -0.377 e. The van der Waals surface area contributed by atoms with Crippen LogP contribution in [0.15, 0.2) is 36.4 Å². The van der Waals surface area contributed by atoms with E-state index in [1.807, 2.05) is 12.1 Å². The summed E-state index contributed by atoms with van der Waals surface area (Å²) in [6.45, 7) is 5.31. The van der Waals surface area contributed by atoms with E-state index in [0.717, 1.165) is 66.8 Å². The minimum absolute atomic E-state index is 0.150. The van der Waals surface area contributed by atoms with Crippen LogP contribution < -0.4 is 10.2 Å². The summed E-state index contributed by atoms with van der Waals surface area (Å²) in [4.78, 5) is 16.8. The summed E-state index contributed by atoms with van der Waals surface area (Å²) < 4.78 is 5.93. The van der Waals surface area contributed by atoms with Crippen molar-refractivity contribution in [1.29, 1.82) is 0 Å². The molecule has 1 N–H and O–H groups in total. The van der Waals surface area contributed by atoms with Crippen LogP contribution >= 0.6 is 23.1 Å². The van der Waals surface area contributed by atoms with Crippen molar-refractivity contribution in [2.45, 2.75) is 6.42 Å². The van der Waals surface area contributed by atoms with Crippen molar-refractivity contribution >= 4 is 50.5 Å². The molecule has 5 nitrogen and oxygen atoms in total. The Morgan fingerprint density at radius 1 is 1.14 bits per heavy atom. The molecule has 5 rings (SSSR count). The number of benzene rings is 2. The monoisotopic (exact) mass is 412 g/mol. The number of rotatable bonds is 4.